The fourth-order valence-electron chi connectivity index (χ4n) is 2.22. The standard InChI is InChI=1S/C11H13ClF3N5O/c1-19(8-4-7(12)17-10(16)18-8)6-2-3-20(9(6)21)5-11(13,14)15/h4,6H,2-3,5H2,1H3,(H2,16,17,18)/t6-/m0/s1. The molecule has 1 saturated heterocycles. The predicted molar refractivity (Wildman–Crippen MR) is 70.9 cm³/mol. The van der Waals surface area contributed by atoms with Crippen LogP contribution in [0.25, 0.3) is 0 Å². The first kappa shape index (κ1) is 15.6. The number of hydrogen-bond donors (Lipinski definition) is 1. The monoisotopic (exact) mass is 323 g/mol. The summed E-state index contributed by atoms with van der Waals surface area (Å²) in [4.78, 5) is 21.9. The zero-order chi connectivity index (χ0) is 15.8. The van der Waals surface area contributed by atoms with Gasteiger partial charge in [0.1, 0.15) is 23.6 Å². The largest absolute Gasteiger partial charge is 0.406 e. The molecule has 0 spiro atoms. The predicted octanol–water partition coefficient (Wildman–Crippen LogP) is 1.31. The van der Waals surface area contributed by atoms with E-state index in [0.717, 1.165) is 4.90 Å². The number of likely N-dealkylation sites (tertiary alicyclic amines) is 1. The molecule has 0 aliphatic carbocycles. The first-order chi connectivity index (χ1) is 9.67. The molecular formula is C11H13ClF3N5O. The Morgan fingerprint density at radius 1 is 1.52 bits per heavy atom. The van der Waals surface area contributed by atoms with Gasteiger partial charge in [-0.1, -0.05) is 11.6 Å². The van der Waals surface area contributed by atoms with Gasteiger partial charge in [-0.05, 0) is 6.42 Å². The summed E-state index contributed by atoms with van der Waals surface area (Å²) in [6.45, 7) is -1.20. The molecule has 1 aliphatic rings. The second-order valence-corrected chi connectivity index (χ2v) is 5.08. The van der Waals surface area contributed by atoms with Gasteiger partial charge in [0, 0.05) is 19.7 Å². The van der Waals surface area contributed by atoms with Crippen molar-refractivity contribution in [2.24, 2.45) is 0 Å². The summed E-state index contributed by atoms with van der Waals surface area (Å²) in [6, 6.07) is 0.676. The number of carbonyl (C=O) groups excluding carboxylic acids is 1. The van der Waals surface area contributed by atoms with E-state index in [4.69, 9.17) is 17.3 Å². The zero-order valence-corrected chi connectivity index (χ0v) is 11.8. The van der Waals surface area contributed by atoms with Crippen LogP contribution in [0, 0.1) is 0 Å². The molecule has 0 bridgehead atoms. The smallest absolute Gasteiger partial charge is 0.368 e. The highest BCUT2D eigenvalue weighted by Gasteiger charge is 2.41. The van der Waals surface area contributed by atoms with Crippen molar-refractivity contribution in [2.45, 2.75) is 18.6 Å². The fourth-order valence-corrected chi connectivity index (χ4v) is 2.40. The highest BCUT2D eigenvalue weighted by Crippen LogP contribution is 2.26. The Hall–Kier alpha value is -1.77. The van der Waals surface area contributed by atoms with Crippen molar-refractivity contribution in [3.8, 4) is 0 Å². The van der Waals surface area contributed by atoms with Crippen LogP contribution in [0.5, 0.6) is 0 Å². The minimum Gasteiger partial charge on any atom is -0.368 e. The van der Waals surface area contributed by atoms with Crippen LogP contribution in [0.3, 0.4) is 0 Å². The molecule has 2 heterocycles. The minimum atomic E-state index is -4.41. The lowest BCUT2D eigenvalue weighted by molar-refractivity contribution is -0.157. The maximum atomic E-state index is 12.4. The molecule has 116 valence electrons. The third kappa shape index (κ3) is 3.66. The quantitative estimate of drug-likeness (QED) is 0.849. The third-order valence-electron chi connectivity index (χ3n) is 3.17. The molecule has 2 rings (SSSR count). The average Bonchev–Trinajstić information content (AvgIpc) is 2.67. The summed E-state index contributed by atoms with van der Waals surface area (Å²) in [5, 5.41) is 0.0990. The number of nitrogen functional groups attached to an aromatic ring is 1. The Labute approximate surface area is 123 Å². The average molecular weight is 324 g/mol. The summed E-state index contributed by atoms with van der Waals surface area (Å²) in [6.07, 6.45) is -4.14. The number of rotatable bonds is 3. The van der Waals surface area contributed by atoms with Crippen LogP contribution in [0.1, 0.15) is 6.42 Å². The molecule has 0 aromatic carbocycles. The molecule has 6 nitrogen and oxygen atoms in total. The number of likely N-dealkylation sites (N-methyl/N-ethyl adjacent to an activating group) is 1. The van der Waals surface area contributed by atoms with Gasteiger partial charge in [-0.25, -0.2) is 4.98 Å². The van der Waals surface area contributed by atoms with E-state index in [-0.39, 0.29) is 24.1 Å². The van der Waals surface area contributed by atoms with Crippen molar-refractivity contribution in [1.29, 1.82) is 0 Å². The fraction of sp³-hybridized carbons (Fsp3) is 0.545. The van der Waals surface area contributed by atoms with Gasteiger partial charge in [-0.3, -0.25) is 4.79 Å². The minimum absolute atomic E-state index is 0.0433. The molecule has 1 amide bonds. The third-order valence-corrected chi connectivity index (χ3v) is 3.36. The number of halogens is 4. The molecule has 1 aromatic heterocycles. The van der Waals surface area contributed by atoms with Gasteiger partial charge in [-0.2, -0.15) is 18.2 Å². The van der Waals surface area contributed by atoms with Crippen LogP contribution in [0.2, 0.25) is 5.15 Å². The van der Waals surface area contributed by atoms with Crippen LogP contribution >= 0.6 is 11.6 Å². The van der Waals surface area contributed by atoms with E-state index in [1.807, 2.05) is 0 Å². The van der Waals surface area contributed by atoms with E-state index in [9.17, 15) is 18.0 Å². The summed E-state index contributed by atoms with van der Waals surface area (Å²) in [5.74, 6) is -0.371. The maximum Gasteiger partial charge on any atom is 0.406 e. The zero-order valence-electron chi connectivity index (χ0n) is 11.1. The Bertz CT molecular complexity index is 533. The SMILES string of the molecule is CN(c1cc(Cl)nc(N)n1)[C@H]1CCN(CC(F)(F)F)C1=O. The van der Waals surface area contributed by atoms with Gasteiger partial charge < -0.3 is 15.5 Å². The van der Waals surface area contributed by atoms with E-state index in [1.165, 1.54) is 11.0 Å². The summed E-state index contributed by atoms with van der Waals surface area (Å²) >= 11 is 5.75. The van der Waals surface area contributed by atoms with Gasteiger partial charge in [0.25, 0.3) is 0 Å². The molecule has 21 heavy (non-hydrogen) atoms. The van der Waals surface area contributed by atoms with Crippen molar-refractivity contribution in [3.63, 3.8) is 0 Å². The van der Waals surface area contributed by atoms with E-state index in [2.05, 4.69) is 9.97 Å². The van der Waals surface area contributed by atoms with Crippen LogP contribution in [-0.2, 0) is 4.79 Å². The highest BCUT2D eigenvalue weighted by molar-refractivity contribution is 6.29. The van der Waals surface area contributed by atoms with Crippen LogP contribution < -0.4 is 10.6 Å². The topological polar surface area (TPSA) is 75.4 Å². The van der Waals surface area contributed by atoms with E-state index >= 15 is 0 Å². The van der Waals surface area contributed by atoms with Crippen molar-refractivity contribution in [1.82, 2.24) is 14.9 Å². The molecule has 1 fully saturated rings. The first-order valence-corrected chi connectivity index (χ1v) is 6.43. The van der Waals surface area contributed by atoms with Crippen LogP contribution in [-0.4, -0.2) is 53.1 Å². The molecule has 10 heteroatoms. The molecule has 0 saturated carbocycles. The lowest BCUT2D eigenvalue weighted by Crippen LogP contribution is -2.43. The van der Waals surface area contributed by atoms with Crippen molar-refractivity contribution >= 4 is 29.3 Å². The molecule has 0 unspecified atom stereocenters. The molecule has 1 aromatic rings. The number of aromatic nitrogens is 2. The second-order valence-electron chi connectivity index (χ2n) is 4.70. The van der Waals surface area contributed by atoms with Crippen molar-refractivity contribution < 1.29 is 18.0 Å². The van der Waals surface area contributed by atoms with Crippen LogP contribution in [0.15, 0.2) is 6.07 Å². The number of carbonyl (C=O) groups is 1. The molecular weight excluding hydrogens is 311 g/mol. The van der Waals surface area contributed by atoms with Gasteiger partial charge in [0.05, 0.1) is 0 Å². The summed E-state index contributed by atoms with van der Waals surface area (Å²) in [7, 11) is 1.55. The normalized spacial score (nSPS) is 19.2. The Morgan fingerprint density at radius 2 is 2.19 bits per heavy atom. The lowest BCUT2D eigenvalue weighted by atomic mass is 10.2. The van der Waals surface area contributed by atoms with Crippen molar-refractivity contribution in [2.75, 3.05) is 30.8 Å². The Morgan fingerprint density at radius 3 is 2.76 bits per heavy atom. The number of nitrogens with two attached hydrogens (primary N) is 1. The molecule has 0 radical (unpaired) electrons. The van der Waals surface area contributed by atoms with E-state index < -0.39 is 24.7 Å². The van der Waals surface area contributed by atoms with Crippen LogP contribution in [0.4, 0.5) is 24.9 Å². The Balaban J connectivity index is 2.14. The van der Waals surface area contributed by atoms with Gasteiger partial charge in [0.15, 0.2) is 0 Å². The lowest BCUT2D eigenvalue weighted by Gasteiger charge is -2.25. The van der Waals surface area contributed by atoms with Gasteiger partial charge in [0.2, 0.25) is 11.9 Å². The molecule has 1 atom stereocenters. The number of alkyl halides is 3. The molecule has 1 aliphatic heterocycles. The number of anilines is 2. The number of nitrogens with zero attached hydrogens (tertiary/aromatic N) is 4. The highest BCUT2D eigenvalue weighted by atomic mass is 35.5. The summed E-state index contributed by atoms with van der Waals surface area (Å²) < 4.78 is 37.1. The number of amides is 1. The maximum absolute atomic E-state index is 12.4. The second kappa shape index (κ2) is 5.55. The first-order valence-electron chi connectivity index (χ1n) is 6.06. The van der Waals surface area contributed by atoms with E-state index in [0.29, 0.717) is 5.82 Å². The molecule has 2 N–H and O–H groups in total. The van der Waals surface area contributed by atoms with E-state index in [1.54, 1.807) is 7.05 Å². The van der Waals surface area contributed by atoms with Gasteiger partial charge >= 0.3 is 6.18 Å². The van der Waals surface area contributed by atoms with Gasteiger partial charge in [-0.15, -0.1) is 0 Å². The van der Waals surface area contributed by atoms with Crippen molar-refractivity contribution in [3.05, 3.63) is 11.2 Å². The number of hydrogen-bond acceptors (Lipinski definition) is 5. The summed E-state index contributed by atoms with van der Waals surface area (Å²) in [5.41, 5.74) is 5.46. The Kier molecular flexibility index (Phi) is 4.13.